The van der Waals surface area contributed by atoms with E-state index in [1.807, 2.05) is 0 Å². The van der Waals surface area contributed by atoms with Crippen molar-refractivity contribution in [1.29, 1.82) is 0 Å². The molecule has 0 bridgehead atoms. The van der Waals surface area contributed by atoms with Crippen molar-refractivity contribution in [3.05, 3.63) is 33.6 Å². The Bertz CT molecular complexity index is 548. The Morgan fingerprint density at radius 1 is 1.53 bits per heavy atom. The standard InChI is InChI=1S/C11H11FN2O5/c12-8-3-6(14(18)19)2-7(10(8)15)9-1-5(4-13-9)11(16)17/h2-3,5,9,13,15H,1,4H2,(H,16,17). The zero-order valence-electron chi connectivity index (χ0n) is 9.67. The van der Waals surface area contributed by atoms with Gasteiger partial charge in [-0.3, -0.25) is 14.9 Å². The molecule has 2 atom stereocenters. The number of hydrogen-bond donors (Lipinski definition) is 3. The number of phenolic OH excluding ortho intramolecular Hbond substituents is 1. The maximum absolute atomic E-state index is 13.4. The zero-order valence-corrected chi connectivity index (χ0v) is 9.67. The van der Waals surface area contributed by atoms with Crippen LogP contribution < -0.4 is 5.32 Å². The lowest BCUT2D eigenvalue weighted by Crippen LogP contribution is -2.17. The fourth-order valence-electron chi connectivity index (χ4n) is 2.14. The van der Waals surface area contributed by atoms with Crippen molar-refractivity contribution in [2.75, 3.05) is 6.54 Å². The monoisotopic (exact) mass is 270 g/mol. The average molecular weight is 270 g/mol. The van der Waals surface area contributed by atoms with Crippen LogP contribution in [0.3, 0.4) is 0 Å². The number of nitrogens with zero attached hydrogens (tertiary/aromatic N) is 1. The van der Waals surface area contributed by atoms with Crippen molar-refractivity contribution in [3.63, 3.8) is 0 Å². The van der Waals surface area contributed by atoms with Crippen LogP contribution in [-0.2, 0) is 4.79 Å². The number of benzene rings is 1. The lowest BCUT2D eigenvalue weighted by atomic mass is 9.99. The molecule has 1 aliphatic heterocycles. The van der Waals surface area contributed by atoms with Crippen molar-refractivity contribution < 1.29 is 24.3 Å². The normalized spacial score (nSPS) is 22.4. The Hall–Kier alpha value is -2.22. The van der Waals surface area contributed by atoms with Crippen LogP contribution >= 0.6 is 0 Å². The van der Waals surface area contributed by atoms with Gasteiger partial charge in [-0.05, 0) is 6.42 Å². The highest BCUT2D eigenvalue weighted by Crippen LogP contribution is 2.36. The van der Waals surface area contributed by atoms with Crippen molar-refractivity contribution in [2.24, 2.45) is 5.92 Å². The van der Waals surface area contributed by atoms with Gasteiger partial charge < -0.3 is 15.5 Å². The summed E-state index contributed by atoms with van der Waals surface area (Å²) in [5, 5.41) is 31.9. The van der Waals surface area contributed by atoms with Gasteiger partial charge in [-0.25, -0.2) is 4.39 Å². The number of halogens is 1. The molecule has 0 saturated carbocycles. The van der Waals surface area contributed by atoms with E-state index in [9.17, 15) is 24.4 Å². The molecule has 1 heterocycles. The molecule has 0 spiro atoms. The van der Waals surface area contributed by atoms with Crippen LogP contribution in [0.1, 0.15) is 18.0 Å². The van der Waals surface area contributed by atoms with E-state index < -0.39 is 40.1 Å². The van der Waals surface area contributed by atoms with E-state index in [4.69, 9.17) is 5.11 Å². The molecular formula is C11H11FN2O5. The number of hydrogen-bond acceptors (Lipinski definition) is 5. The second kappa shape index (κ2) is 4.81. The molecule has 7 nitrogen and oxygen atoms in total. The molecule has 0 aromatic heterocycles. The third kappa shape index (κ3) is 2.48. The summed E-state index contributed by atoms with van der Waals surface area (Å²) in [5.41, 5.74) is -0.471. The minimum absolute atomic E-state index is 0.00968. The van der Waals surface area contributed by atoms with E-state index in [1.165, 1.54) is 0 Å². The number of phenols is 1. The largest absolute Gasteiger partial charge is 0.505 e. The van der Waals surface area contributed by atoms with E-state index in [-0.39, 0.29) is 18.5 Å². The highest BCUT2D eigenvalue weighted by atomic mass is 19.1. The molecule has 1 aromatic rings. The summed E-state index contributed by atoms with van der Waals surface area (Å²) in [6.45, 7) is 0.170. The molecule has 1 fully saturated rings. The van der Waals surface area contributed by atoms with E-state index in [1.54, 1.807) is 0 Å². The first-order valence-corrected chi connectivity index (χ1v) is 5.53. The van der Waals surface area contributed by atoms with Crippen molar-refractivity contribution in [3.8, 4) is 5.75 Å². The molecule has 2 rings (SSSR count). The van der Waals surface area contributed by atoms with Gasteiger partial charge in [0, 0.05) is 24.2 Å². The lowest BCUT2D eigenvalue weighted by Gasteiger charge is -2.12. The molecular weight excluding hydrogens is 259 g/mol. The Balaban J connectivity index is 2.35. The summed E-state index contributed by atoms with van der Waals surface area (Å²) in [7, 11) is 0. The summed E-state index contributed by atoms with van der Waals surface area (Å²) in [6, 6.07) is 1.07. The number of nitro benzene ring substituents is 1. The predicted octanol–water partition coefficient (Wildman–Crippen LogP) is 1.17. The Kier molecular flexibility index (Phi) is 3.34. The molecule has 2 unspecified atom stereocenters. The highest BCUT2D eigenvalue weighted by molar-refractivity contribution is 5.71. The topological polar surface area (TPSA) is 113 Å². The smallest absolute Gasteiger partial charge is 0.307 e. The van der Waals surface area contributed by atoms with Crippen LogP contribution in [0.25, 0.3) is 0 Å². The lowest BCUT2D eigenvalue weighted by molar-refractivity contribution is -0.385. The van der Waals surface area contributed by atoms with Gasteiger partial charge in [0.15, 0.2) is 11.6 Å². The van der Waals surface area contributed by atoms with Gasteiger partial charge in [-0.1, -0.05) is 0 Å². The van der Waals surface area contributed by atoms with Gasteiger partial charge in [0.25, 0.3) is 5.69 Å². The maximum atomic E-state index is 13.4. The van der Waals surface area contributed by atoms with Gasteiger partial charge in [0.2, 0.25) is 0 Å². The van der Waals surface area contributed by atoms with E-state index in [2.05, 4.69) is 5.32 Å². The van der Waals surface area contributed by atoms with E-state index in [0.29, 0.717) is 6.07 Å². The number of carbonyl (C=O) groups is 1. The molecule has 1 aliphatic rings. The SMILES string of the molecule is O=C(O)C1CNC(c2cc([N+](=O)[O-])cc(F)c2O)C1. The van der Waals surface area contributed by atoms with Crippen LogP contribution in [0.4, 0.5) is 10.1 Å². The van der Waals surface area contributed by atoms with Crippen LogP contribution in [0.2, 0.25) is 0 Å². The van der Waals surface area contributed by atoms with Gasteiger partial charge in [0.05, 0.1) is 16.9 Å². The third-order valence-electron chi connectivity index (χ3n) is 3.14. The van der Waals surface area contributed by atoms with Crippen LogP contribution in [-0.4, -0.2) is 27.7 Å². The number of aliphatic carboxylic acids is 1. The zero-order chi connectivity index (χ0) is 14.2. The highest BCUT2D eigenvalue weighted by Gasteiger charge is 2.33. The van der Waals surface area contributed by atoms with Crippen LogP contribution in [0.5, 0.6) is 5.75 Å². The first-order chi connectivity index (χ1) is 8.90. The Morgan fingerprint density at radius 2 is 2.21 bits per heavy atom. The molecule has 19 heavy (non-hydrogen) atoms. The molecule has 3 N–H and O–H groups in total. The number of nitro groups is 1. The summed E-state index contributed by atoms with van der Waals surface area (Å²) in [4.78, 5) is 20.7. The summed E-state index contributed by atoms with van der Waals surface area (Å²) >= 11 is 0. The summed E-state index contributed by atoms with van der Waals surface area (Å²) in [5.74, 6) is -3.44. The van der Waals surface area contributed by atoms with Gasteiger partial charge in [-0.15, -0.1) is 0 Å². The van der Waals surface area contributed by atoms with Crippen molar-refractivity contribution in [1.82, 2.24) is 5.32 Å². The minimum Gasteiger partial charge on any atom is -0.505 e. The number of carboxylic acid groups (broad SMARTS) is 1. The van der Waals surface area contributed by atoms with E-state index >= 15 is 0 Å². The van der Waals surface area contributed by atoms with Crippen LogP contribution in [0, 0.1) is 21.8 Å². The van der Waals surface area contributed by atoms with Gasteiger partial charge >= 0.3 is 5.97 Å². The molecule has 0 amide bonds. The Morgan fingerprint density at radius 3 is 2.74 bits per heavy atom. The maximum Gasteiger partial charge on any atom is 0.307 e. The predicted molar refractivity (Wildman–Crippen MR) is 61.2 cm³/mol. The Labute approximate surface area is 106 Å². The molecule has 0 aliphatic carbocycles. The van der Waals surface area contributed by atoms with Gasteiger partial charge in [0.1, 0.15) is 0 Å². The quantitative estimate of drug-likeness (QED) is 0.561. The second-order valence-electron chi connectivity index (χ2n) is 4.35. The molecule has 102 valence electrons. The second-order valence-corrected chi connectivity index (χ2v) is 4.35. The first-order valence-electron chi connectivity index (χ1n) is 5.53. The minimum atomic E-state index is -1.09. The van der Waals surface area contributed by atoms with Crippen molar-refractivity contribution >= 4 is 11.7 Å². The average Bonchev–Trinajstić information content (AvgIpc) is 2.81. The van der Waals surface area contributed by atoms with Crippen molar-refractivity contribution in [2.45, 2.75) is 12.5 Å². The number of aromatic hydroxyl groups is 1. The molecule has 1 aromatic carbocycles. The third-order valence-corrected chi connectivity index (χ3v) is 3.14. The summed E-state index contributed by atoms with van der Waals surface area (Å²) < 4.78 is 13.4. The van der Waals surface area contributed by atoms with Crippen LogP contribution in [0.15, 0.2) is 12.1 Å². The van der Waals surface area contributed by atoms with E-state index in [0.717, 1.165) is 6.07 Å². The fourth-order valence-corrected chi connectivity index (χ4v) is 2.14. The number of nitrogens with one attached hydrogen (secondary N) is 1. The number of carboxylic acids is 1. The first kappa shape index (κ1) is 13.2. The summed E-state index contributed by atoms with van der Waals surface area (Å²) in [6.07, 6.45) is 0.142. The molecule has 1 saturated heterocycles. The molecule has 0 radical (unpaired) electrons. The molecule has 8 heteroatoms. The van der Waals surface area contributed by atoms with Gasteiger partial charge in [-0.2, -0.15) is 0 Å². The fraction of sp³-hybridized carbons (Fsp3) is 0.364. The number of rotatable bonds is 3. The number of non-ortho nitro benzene ring substituents is 1.